The van der Waals surface area contributed by atoms with Crippen LogP contribution in [0.1, 0.15) is 11.3 Å². The monoisotopic (exact) mass is 418 g/mol. The number of carbonyl (C=O) groups is 1. The molecular weight excluding hydrogens is 392 g/mol. The molecule has 0 spiro atoms. The van der Waals surface area contributed by atoms with Gasteiger partial charge in [0.2, 0.25) is 5.91 Å². The molecule has 3 heterocycles. The highest BCUT2D eigenvalue weighted by Gasteiger charge is 2.22. The molecule has 1 saturated heterocycles. The first kappa shape index (κ1) is 20.6. The van der Waals surface area contributed by atoms with Crippen LogP contribution < -0.4 is 15.0 Å². The average Bonchev–Trinajstić information content (AvgIpc) is 2.80. The Balaban J connectivity index is 1.29. The van der Waals surface area contributed by atoms with Crippen LogP contribution >= 0.6 is 0 Å². The van der Waals surface area contributed by atoms with E-state index in [-0.39, 0.29) is 5.91 Å². The number of aromatic nitrogens is 3. The summed E-state index contributed by atoms with van der Waals surface area (Å²) in [5.41, 5.74) is 1.93. The zero-order valence-corrected chi connectivity index (χ0v) is 17.8. The number of amides is 1. The summed E-state index contributed by atoms with van der Waals surface area (Å²) in [7, 11) is 1.63. The van der Waals surface area contributed by atoms with E-state index in [1.807, 2.05) is 66.4 Å². The maximum absolute atomic E-state index is 12.6. The molecule has 1 fully saturated rings. The van der Waals surface area contributed by atoms with Crippen molar-refractivity contribution in [2.24, 2.45) is 0 Å². The molecule has 0 atom stereocenters. The fourth-order valence-corrected chi connectivity index (χ4v) is 3.52. The molecule has 1 aromatic carbocycles. The highest BCUT2D eigenvalue weighted by Crippen LogP contribution is 2.18. The summed E-state index contributed by atoms with van der Waals surface area (Å²) in [5.74, 6) is 3.13. The molecule has 8 heteroatoms. The SMILES string of the molecule is COc1ccc(CC(=O)N2CCN(c3ccc(Nc4cccc(C)n4)nn3)CC2)cc1. The second-order valence-electron chi connectivity index (χ2n) is 7.46. The lowest BCUT2D eigenvalue weighted by Crippen LogP contribution is -2.49. The summed E-state index contributed by atoms with van der Waals surface area (Å²) in [6, 6.07) is 17.3. The summed E-state index contributed by atoms with van der Waals surface area (Å²) >= 11 is 0. The zero-order valence-electron chi connectivity index (χ0n) is 17.8. The van der Waals surface area contributed by atoms with E-state index in [1.54, 1.807) is 7.11 Å². The van der Waals surface area contributed by atoms with Gasteiger partial charge in [0.15, 0.2) is 11.6 Å². The van der Waals surface area contributed by atoms with Crippen LogP contribution in [0.4, 0.5) is 17.5 Å². The van der Waals surface area contributed by atoms with E-state index in [0.717, 1.165) is 41.7 Å². The molecular formula is C23H26N6O2. The number of methoxy groups -OCH3 is 1. The van der Waals surface area contributed by atoms with Crippen LogP contribution in [0.25, 0.3) is 0 Å². The van der Waals surface area contributed by atoms with Gasteiger partial charge in [0.25, 0.3) is 0 Å². The molecule has 0 saturated carbocycles. The van der Waals surface area contributed by atoms with E-state index >= 15 is 0 Å². The van der Waals surface area contributed by atoms with Crippen LogP contribution in [0.3, 0.4) is 0 Å². The summed E-state index contributed by atoms with van der Waals surface area (Å²) in [6.07, 6.45) is 0.400. The smallest absolute Gasteiger partial charge is 0.227 e. The van der Waals surface area contributed by atoms with Crippen molar-refractivity contribution in [2.75, 3.05) is 43.5 Å². The molecule has 4 rings (SSSR count). The predicted octanol–water partition coefficient (Wildman–Crippen LogP) is 2.82. The molecule has 160 valence electrons. The first-order chi connectivity index (χ1) is 15.1. The molecule has 0 radical (unpaired) electrons. The normalized spacial score (nSPS) is 13.7. The van der Waals surface area contributed by atoms with Crippen molar-refractivity contribution >= 4 is 23.4 Å². The lowest BCUT2D eigenvalue weighted by Gasteiger charge is -2.35. The highest BCUT2D eigenvalue weighted by atomic mass is 16.5. The lowest BCUT2D eigenvalue weighted by molar-refractivity contribution is -0.130. The Labute approximate surface area is 181 Å². The number of carbonyl (C=O) groups excluding carboxylic acids is 1. The fourth-order valence-electron chi connectivity index (χ4n) is 3.52. The number of nitrogens with one attached hydrogen (secondary N) is 1. The van der Waals surface area contributed by atoms with E-state index < -0.39 is 0 Å². The number of hydrogen-bond acceptors (Lipinski definition) is 7. The van der Waals surface area contributed by atoms with E-state index in [9.17, 15) is 4.79 Å². The Morgan fingerprint density at radius 1 is 0.968 bits per heavy atom. The first-order valence-corrected chi connectivity index (χ1v) is 10.3. The number of rotatable bonds is 6. The maximum atomic E-state index is 12.6. The molecule has 0 aliphatic carbocycles. The van der Waals surface area contributed by atoms with Gasteiger partial charge in [0, 0.05) is 31.9 Å². The van der Waals surface area contributed by atoms with Crippen LogP contribution in [-0.4, -0.2) is 59.3 Å². The van der Waals surface area contributed by atoms with Gasteiger partial charge in [0.05, 0.1) is 13.5 Å². The van der Waals surface area contributed by atoms with Gasteiger partial charge in [-0.05, 0) is 48.9 Å². The van der Waals surface area contributed by atoms with E-state index in [0.29, 0.717) is 25.3 Å². The number of nitrogens with zero attached hydrogens (tertiary/aromatic N) is 5. The largest absolute Gasteiger partial charge is 0.497 e. The number of anilines is 3. The molecule has 0 bridgehead atoms. The Hall–Kier alpha value is -3.68. The van der Waals surface area contributed by atoms with Gasteiger partial charge in [-0.25, -0.2) is 4.98 Å². The maximum Gasteiger partial charge on any atom is 0.227 e. The van der Waals surface area contributed by atoms with Gasteiger partial charge in [0.1, 0.15) is 11.6 Å². The third-order valence-corrected chi connectivity index (χ3v) is 5.27. The van der Waals surface area contributed by atoms with Crippen LogP contribution in [0.2, 0.25) is 0 Å². The zero-order chi connectivity index (χ0) is 21.6. The van der Waals surface area contributed by atoms with Crippen molar-refractivity contribution in [1.82, 2.24) is 20.1 Å². The Morgan fingerprint density at radius 3 is 2.39 bits per heavy atom. The number of piperazine rings is 1. The minimum atomic E-state index is 0.140. The van der Waals surface area contributed by atoms with E-state index in [1.165, 1.54) is 0 Å². The molecule has 3 aromatic rings. The predicted molar refractivity (Wildman–Crippen MR) is 120 cm³/mol. The van der Waals surface area contributed by atoms with Crippen molar-refractivity contribution in [2.45, 2.75) is 13.3 Å². The molecule has 2 aromatic heterocycles. The van der Waals surface area contributed by atoms with E-state index in [2.05, 4.69) is 25.4 Å². The second-order valence-corrected chi connectivity index (χ2v) is 7.46. The van der Waals surface area contributed by atoms with Crippen molar-refractivity contribution < 1.29 is 9.53 Å². The van der Waals surface area contributed by atoms with Gasteiger partial charge in [-0.3, -0.25) is 4.79 Å². The van der Waals surface area contributed by atoms with Gasteiger partial charge < -0.3 is 19.9 Å². The first-order valence-electron chi connectivity index (χ1n) is 10.3. The number of aryl methyl sites for hydroxylation is 1. The van der Waals surface area contributed by atoms with Crippen molar-refractivity contribution in [1.29, 1.82) is 0 Å². The summed E-state index contributed by atoms with van der Waals surface area (Å²) in [5, 5.41) is 11.8. The number of benzene rings is 1. The van der Waals surface area contributed by atoms with Gasteiger partial charge >= 0.3 is 0 Å². The number of pyridine rings is 1. The molecule has 1 amide bonds. The Bertz CT molecular complexity index is 1010. The van der Waals surface area contributed by atoms with Crippen molar-refractivity contribution in [3.05, 3.63) is 65.9 Å². The third kappa shape index (κ3) is 5.28. The fraction of sp³-hybridized carbons (Fsp3) is 0.304. The minimum Gasteiger partial charge on any atom is -0.497 e. The highest BCUT2D eigenvalue weighted by molar-refractivity contribution is 5.79. The molecule has 1 aliphatic heterocycles. The minimum absolute atomic E-state index is 0.140. The Morgan fingerprint density at radius 2 is 1.74 bits per heavy atom. The van der Waals surface area contributed by atoms with E-state index in [4.69, 9.17) is 4.74 Å². The van der Waals surface area contributed by atoms with Crippen LogP contribution in [0.5, 0.6) is 5.75 Å². The van der Waals surface area contributed by atoms with Crippen LogP contribution in [-0.2, 0) is 11.2 Å². The molecule has 31 heavy (non-hydrogen) atoms. The topological polar surface area (TPSA) is 83.5 Å². The third-order valence-electron chi connectivity index (χ3n) is 5.27. The molecule has 0 unspecified atom stereocenters. The summed E-state index contributed by atoms with van der Waals surface area (Å²) in [4.78, 5) is 21.1. The van der Waals surface area contributed by atoms with Crippen molar-refractivity contribution in [3.8, 4) is 5.75 Å². The van der Waals surface area contributed by atoms with Crippen molar-refractivity contribution in [3.63, 3.8) is 0 Å². The Kier molecular flexibility index (Phi) is 6.26. The molecule has 1 N–H and O–H groups in total. The van der Waals surface area contributed by atoms with Gasteiger partial charge in [-0.15, -0.1) is 10.2 Å². The number of hydrogen-bond donors (Lipinski definition) is 1. The molecule has 8 nitrogen and oxygen atoms in total. The molecule has 1 aliphatic rings. The van der Waals surface area contributed by atoms with Crippen LogP contribution in [0, 0.1) is 6.92 Å². The van der Waals surface area contributed by atoms with Gasteiger partial charge in [-0.1, -0.05) is 18.2 Å². The second kappa shape index (κ2) is 9.42. The average molecular weight is 419 g/mol. The number of ether oxygens (including phenoxy) is 1. The summed E-state index contributed by atoms with van der Waals surface area (Å²) < 4.78 is 5.17. The standard InChI is InChI=1S/C23H26N6O2/c1-17-4-3-5-20(24-17)25-21-10-11-22(27-26-21)28-12-14-29(15-13-28)23(30)16-18-6-8-19(31-2)9-7-18/h3-11H,12-16H2,1-2H3,(H,24,25,26). The summed E-state index contributed by atoms with van der Waals surface area (Å²) in [6.45, 7) is 4.75. The van der Waals surface area contributed by atoms with Crippen LogP contribution in [0.15, 0.2) is 54.6 Å². The lowest BCUT2D eigenvalue weighted by atomic mass is 10.1. The quantitative estimate of drug-likeness (QED) is 0.659. The van der Waals surface area contributed by atoms with Gasteiger partial charge in [-0.2, -0.15) is 0 Å².